The number of halogens is 2. The molecular formula is C26H24F2N4O2. The molecule has 0 unspecified atom stereocenters. The van der Waals surface area contributed by atoms with Crippen molar-refractivity contribution in [3.05, 3.63) is 89.2 Å². The summed E-state index contributed by atoms with van der Waals surface area (Å²) in [5, 5.41) is 2.68. The number of fused-ring (bicyclic) bond motifs is 1. The van der Waals surface area contributed by atoms with Crippen molar-refractivity contribution in [1.29, 1.82) is 0 Å². The van der Waals surface area contributed by atoms with Gasteiger partial charge in [0.05, 0.1) is 16.6 Å². The minimum absolute atomic E-state index is 0.0400. The van der Waals surface area contributed by atoms with E-state index >= 15 is 0 Å². The number of hydrogen-bond donors (Lipinski definition) is 1. The van der Waals surface area contributed by atoms with Crippen LogP contribution >= 0.6 is 0 Å². The fraction of sp³-hybridized carbons (Fsp3) is 0.192. The van der Waals surface area contributed by atoms with Crippen molar-refractivity contribution in [3.63, 3.8) is 0 Å². The maximum atomic E-state index is 14.6. The Balaban J connectivity index is 1.61. The molecule has 1 N–H and O–H groups in total. The Morgan fingerprint density at radius 1 is 0.971 bits per heavy atom. The van der Waals surface area contributed by atoms with Gasteiger partial charge in [0, 0.05) is 30.0 Å². The van der Waals surface area contributed by atoms with Gasteiger partial charge in [0.25, 0.3) is 11.8 Å². The van der Waals surface area contributed by atoms with E-state index < -0.39 is 17.6 Å². The van der Waals surface area contributed by atoms with Gasteiger partial charge in [-0.2, -0.15) is 0 Å². The Morgan fingerprint density at radius 3 is 2.32 bits per heavy atom. The number of rotatable bonds is 6. The number of imidazole rings is 1. The number of carbonyl (C=O) groups is 2. The van der Waals surface area contributed by atoms with E-state index in [1.165, 1.54) is 29.2 Å². The maximum Gasteiger partial charge on any atom is 0.256 e. The highest BCUT2D eigenvalue weighted by Crippen LogP contribution is 2.24. The number of nitrogens with one attached hydrogen (secondary N) is 1. The van der Waals surface area contributed by atoms with E-state index in [-0.39, 0.29) is 17.1 Å². The number of aromatic nitrogens is 2. The molecule has 0 bridgehead atoms. The fourth-order valence-electron chi connectivity index (χ4n) is 3.90. The summed E-state index contributed by atoms with van der Waals surface area (Å²) in [5.41, 5.74) is 2.63. The summed E-state index contributed by atoms with van der Waals surface area (Å²) in [6.45, 7) is 6.43. The number of nitrogens with zero attached hydrogens (tertiary/aromatic N) is 3. The van der Waals surface area contributed by atoms with Crippen LogP contribution in [0.25, 0.3) is 16.7 Å². The van der Waals surface area contributed by atoms with Crippen molar-refractivity contribution in [2.24, 2.45) is 0 Å². The number of carbonyl (C=O) groups excluding carboxylic acids is 2. The summed E-state index contributed by atoms with van der Waals surface area (Å²) in [6.07, 6.45) is 0. The number of hydrogen-bond acceptors (Lipinski definition) is 3. The Hall–Kier alpha value is -4.07. The van der Waals surface area contributed by atoms with Gasteiger partial charge in [-0.05, 0) is 81.4 Å². The molecule has 4 rings (SSSR count). The van der Waals surface area contributed by atoms with Crippen LogP contribution in [0.15, 0.2) is 60.7 Å². The quantitative estimate of drug-likeness (QED) is 0.420. The van der Waals surface area contributed by atoms with Crippen LogP contribution in [0.3, 0.4) is 0 Å². The van der Waals surface area contributed by atoms with Crippen molar-refractivity contribution in [3.8, 4) is 5.69 Å². The average molecular weight is 463 g/mol. The normalized spacial score (nSPS) is 11.0. The van der Waals surface area contributed by atoms with Crippen molar-refractivity contribution < 1.29 is 18.4 Å². The van der Waals surface area contributed by atoms with Gasteiger partial charge in [0.15, 0.2) is 0 Å². The van der Waals surface area contributed by atoms with E-state index in [0.717, 1.165) is 11.8 Å². The van der Waals surface area contributed by atoms with E-state index in [2.05, 4.69) is 10.3 Å². The molecule has 34 heavy (non-hydrogen) atoms. The first-order valence-electron chi connectivity index (χ1n) is 11.0. The summed E-state index contributed by atoms with van der Waals surface area (Å²) < 4.78 is 29.8. The largest absolute Gasteiger partial charge is 0.339 e. The van der Waals surface area contributed by atoms with Crippen LogP contribution in [0.1, 0.15) is 40.4 Å². The number of benzene rings is 3. The topological polar surface area (TPSA) is 67.2 Å². The molecule has 1 aromatic heterocycles. The Kier molecular flexibility index (Phi) is 6.40. The lowest BCUT2D eigenvalue weighted by atomic mass is 10.1. The third-order valence-corrected chi connectivity index (χ3v) is 5.68. The fourth-order valence-corrected chi connectivity index (χ4v) is 3.90. The zero-order chi connectivity index (χ0) is 24.4. The summed E-state index contributed by atoms with van der Waals surface area (Å²) in [6, 6.07) is 15.1. The monoisotopic (exact) mass is 462 g/mol. The van der Waals surface area contributed by atoms with Gasteiger partial charge in [-0.15, -0.1) is 0 Å². The Labute approximate surface area is 195 Å². The van der Waals surface area contributed by atoms with Crippen LogP contribution in [0.2, 0.25) is 0 Å². The van der Waals surface area contributed by atoms with Crippen molar-refractivity contribution >= 4 is 28.5 Å². The molecule has 0 fully saturated rings. The van der Waals surface area contributed by atoms with Crippen molar-refractivity contribution in [2.45, 2.75) is 20.8 Å². The summed E-state index contributed by atoms with van der Waals surface area (Å²) in [7, 11) is 0. The van der Waals surface area contributed by atoms with Crippen LogP contribution in [-0.2, 0) is 0 Å². The molecule has 0 spiro atoms. The van der Waals surface area contributed by atoms with E-state index in [1.54, 1.807) is 30.3 Å². The first kappa shape index (κ1) is 23.1. The van der Waals surface area contributed by atoms with E-state index in [9.17, 15) is 18.4 Å². The highest BCUT2D eigenvalue weighted by Gasteiger charge is 2.18. The van der Waals surface area contributed by atoms with Crippen molar-refractivity contribution in [2.75, 3.05) is 18.4 Å². The van der Waals surface area contributed by atoms with Crippen LogP contribution in [0.4, 0.5) is 14.5 Å². The van der Waals surface area contributed by atoms with Gasteiger partial charge in [0.2, 0.25) is 0 Å². The molecular weight excluding hydrogens is 438 g/mol. The van der Waals surface area contributed by atoms with Crippen molar-refractivity contribution in [1.82, 2.24) is 14.5 Å². The Morgan fingerprint density at radius 2 is 1.68 bits per heavy atom. The lowest BCUT2D eigenvalue weighted by molar-refractivity contribution is 0.0768. The van der Waals surface area contributed by atoms with Crippen LogP contribution in [0, 0.1) is 18.6 Å². The van der Waals surface area contributed by atoms with Crippen LogP contribution in [-0.4, -0.2) is 39.4 Å². The lowest BCUT2D eigenvalue weighted by Crippen LogP contribution is -2.31. The van der Waals surface area contributed by atoms with Gasteiger partial charge in [-0.3, -0.25) is 14.2 Å². The van der Waals surface area contributed by atoms with E-state index in [4.69, 9.17) is 0 Å². The van der Waals surface area contributed by atoms with Gasteiger partial charge in [-0.25, -0.2) is 13.8 Å². The summed E-state index contributed by atoms with van der Waals surface area (Å²) in [4.78, 5) is 31.4. The molecule has 0 aliphatic rings. The first-order chi connectivity index (χ1) is 16.3. The zero-order valence-electron chi connectivity index (χ0n) is 19.1. The minimum Gasteiger partial charge on any atom is -0.339 e. The molecule has 0 radical (unpaired) electrons. The second-order valence-corrected chi connectivity index (χ2v) is 7.80. The molecule has 2 amide bonds. The van der Waals surface area contributed by atoms with Gasteiger partial charge in [-0.1, -0.05) is 0 Å². The summed E-state index contributed by atoms with van der Waals surface area (Å²) in [5.74, 6) is -1.18. The molecule has 0 aliphatic heterocycles. The maximum absolute atomic E-state index is 14.6. The molecule has 174 valence electrons. The molecule has 0 atom stereocenters. The number of aryl methyl sites for hydroxylation is 1. The predicted octanol–water partition coefficient (Wildman–Crippen LogP) is 5.35. The molecule has 0 saturated carbocycles. The van der Waals surface area contributed by atoms with E-state index in [1.807, 2.05) is 25.3 Å². The molecule has 6 nitrogen and oxygen atoms in total. The van der Waals surface area contributed by atoms with Crippen LogP contribution < -0.4 is 5.32 Å². The second kappa shape index (κ2) is 9.43. The highest BCUT2D eigenvalue weighted by atomic mass is 19.1. The van der Waals surface area contributed by atoms with Gasteiger partial charge >= 0.3 is 0 Å². The van der Waals surface area contributed by atoms with Gasteiger partial charge < -0.3 is 10.2 Å². The molecule has 8 heteroatoms. The van der Waals surface area contributed by atoms with E-state index in [0.29, 0.717) is 35.5 Å². The SMILES string of the molecule is CCN(CC)C(=O)c1ccc(NC(=O)c2ccc3nc(C)n(-c4ccc(F)cc4)c3c2)cc1F. The highest BCUT2D eigenvalue weighted by molar-refractivity contribution is 6.06. The number of anilines is 1. The third-order valence-electron chi connectivity index (χ3n) is 5.68. The first-order valence-corrected chi connectivity index (χ1v) is 11.0. The van der Waals surface area contributed by atoms with Crippen LogP contribution in [0.5, 0.6) is 0 Å². The zero-order valence-corrected chi connectivity index (χ0v) is 19.1. The molecule has 4 aromatic rings. The molecule has 3 aromatic carbocycles. The molecule has 0 aliphatic carbocycles. The molecule has 1 heterocycles. The van der Waals surface area contributed by atoms with Gasteiger partial charge in [0.1, 0.15) is 17.5 Å². The third kappa shape index (κ3) is 4.39. The second-order valence-electron chi connectivity index (χ2n) is 7.80. The predicted molar refractivity (Wildman–Crippen MR) is 127 cm³/mol. The Bertz CT molecular complexity index is 1380. The minimum atomic E-state index is -0.699. The number of amides is 2. The average Bonchev–Trinajstić information content (AvgIpc) is 3.15. The molecule has 0 saturated heterocycles. The summed E-state index contributed by atoms with van der Waals surface area (Å²) >= 11 is 0. The smallest absolute Gasteiger partial charge is 0.256 e. The lowest BCUT2D eigenvalue weighted by Gasteiger charge is -2.19. The standard InChI is InChI=1S/C26H24F2N4O2/c1-4-31(5-2)26(34)21-12-9-19(15-22(21)28)30-25(33)17-6-13-23-24(14-17)32(16(3)29-23)20-10-7-18(27)8-11-20/h6-15H,4-5H2,1-3H3,(H,30,33).